The topological polar surface area (TPSA) is 111 Å². The molecule has 0 bridgehead atoms. The standard InChI is InChI=1S/C11H18N6O2/c1-6(4-12)5-13-10-14-7-8(15-10)16(2)11(19)17(3)9(7)18/h6H,4-5,12H2,1-3H3,(H2,13,14,15). The maximum atomic E-state index is 11.9. The number of nitrogens with one attached hydrogen (secondary N) is 2. The number of H-pyrrole nitrogens is 1. The molecule has 2 aromatic rings. The third-order valence-corrected chi connectivity index (χ3v) is 3.12. The highest BCUT2D eigenvalue weighted by atomic mass is 16.2. The van der Waals surface area contributed by atoms with E-state index in [2.05, 4.69) is 15.3 Å². The van der Waals surface area contributed by atoms with Crippen LogP contribution in [0, 0.1) is 5.92 Å². The highest BCUT2D eigenvalue weighted by Gasteiger charge is 2.13. The molecular weight excluding hydrogens is 248 g/mol. The van der Waals surface area contributed by atoms with Crippen molar-refractivity contribution in [3.8, 4) is 0 Å². The lowest BCUT2D eigenvalue weighted by Crippen LogP contribution is -2.36. The summed E-state index contributed by atoms with van der Waals surface area (Å²) in [6.07, 6.45) is 0. The van der Waals surface area contributed by atoms with Crippen LogP contribution >= 0.6 is 0 Å². The van der Waals surface area contributed by atoms with Gasteiger partial charge in [0.05, 0.1) is 0 Å². The molecule has 104 valence electrons. The molecule has 0 spiro atoms. The van der Waals surface area contributed by atoms with Crippen LogP contribution in [0.4, 0.5) is 5.95 Å². The van der Waals surface area contributed by atoms with E-state index in [1.807, 2.05) is 6.92 Å². The van der Waals surface area contributed by atoms with Gasteiger partial charge in [0.15, 0.2) is 11.2 Å². The first-order valence-corrected chi connectivity index (χ1v) is 6.05. The van der Waals surface area contributed by atoms with Crippen LogP contribution in [0.25, 0.3) is 11.2 Å². The molecule has 19 heavy (non-hydrogen) atoms. The van der Waals surface area contributed by atoms with Gasteiger partial charge in [0.2, 0.25) is 5.95 Å². The fourth-order valence-corrected chi connectivity index (χ4v) is 1.76. The molecule has 1 atom stereocenters. The van der Waals surface area contributed by atoms with Crippen molar-refractivity contribution in [3.05, 3.63) is 20.8 Å². The predicted molar refractivity (Wildman–Crippen MR) is 73.3 cm³/mol. The Balaban J connectivity index is 2.46. The van der Waals surface area contributed by atoms with Gasteiger partial charge in [0, 0.05) is 20.6 Å². The van der Waals surface area contributed by atoms with Crippen LogP contribution in [-0.4, -0.2) is 32.2 Å². The van der Waals surface area contributed by atoms with Crippen molar-refractivity contribution >= 4 is 17.1 Å². The lowest BCUT2D eigenvalue weighted by molar-refractivity contribution is 0.626. The summed E-state index contributed by atoms with van der Waals surface area (Å²) >= 11 is 0. The molecule has 8 nitrogen and oxygen atoms in total. The Hall–Kier alpha value is -2.09. The molecule has 0 amide bonds. The van der Waals surface area contributed by atoms with Crippen LogP contribution in [0.15, 0.2) is 9.59 Å². The highest BCUT2D eigenvalue weighted by molar-refractivity contribution is 5.72. The molecule has 0 aliphatic carbocycles. The van der Waals surface area contributed by atoms with Crippen molar-refractivity contribution in [1.82, 2.24) is 19.1 Å². The number of rotatable bonds is 4. The molecule has 8 heteroatoms. The van der Waals surface area contributed by atoms with Crippen LogP contribution in [0.2, 0.25) is 0 Å². The smallest absolute Gasteiger partial charge is 0.332 e. The summed E-state index contributed by atoms with van der Waals surface area (Å²) in [5, 5.41) is 3.07. The lowest BCUT2D eigenvalue weighted by Gasteiger charge is -2.07. The van der Waals surface area contributed by atoms with Gasteiger partial charge in [-0.2, -0.15) is 4.98 Å². The van der Waals surface area contributed by atoms with E-state index in [1.54, 1.807) is 7.05 Å². The number of hydrogen-bond donors (Lipinski definition) is 3. The number of nitrogens with zero attached hydrogens (tertiary/aromatic N) is 3. The summed E-state index contributed by atoms with van der Waals surface area (Å²) in [5.74, 6) is 0.758. The number of aromatic nitrogens is 4. The predicted octanol–water partition coefficient (Wildman–Crippen LogP) is -1.03. The average Bonchev–Trinajstić information content (AvgIpc) is 2.84. The van der Waals surface area contributed by atoms with Gasteiger partial charge in [-0.15, -0.1) is 0 Å². The molecule has 0 saturated carbocycles. The van der Waals surface area contributed by atoms with Crippen molar-refractivity contribution in [2.24, 2.45) is 25.7 Å². The normalized spacial score (nSPS) is 12.8. The van der Waals surface area contributed by atoms with Crippen molar-refractivity contribution in [2.75, 3.05) is 18.4 Å². The van der Waals surface area contributed by atoms with Crippen LogP contribution in [-0.2, 0) is 14.1 Å². The number of nitrogens with two attached hydrogens (primary N) is 1. The van der Waals surface area contributed by atoms with Crippen LogP contribution in [0.3, 0.4) is 0 Å². The van der Waals surface area contributed by atoms with Crippen molar-refractivity contribution in [3.63, 3.8) is 0 Å². The molecule has 4 N–H and O–H groups in total. The van der Waals surface area contributed by atoms with Crippen molar-refractivity contribution in [1.29, 1.82) is 0 Å². The summed E-state index contributed by atoms with van der Waals surface area (Å²) in [5.41, 5.74) is 5.40. The maximum Gasteiger partial charge on any atom is 0.332 e. The van der Waals surface area contributed by atoms with Gasteiger partial charge in [-0.25, -0.2) is 4.79 Å². The largest absolute Gasteiger partial charge is 0.355 e. The van der Waals surface area contributed by atoms with E-state index in [9.17, 15) is 9.59 Å². The van der Waals surface area contributed by atoms with Gasteiger partial charge in [-0.3, -0.25) is 13.9 Å². The Kier molecular flexibility index (Phi) is 3.43. The molecule has 2 aromatic heterocycles. The van der Waals surface area contributed by atoms with Crippen LogP contribution in [0.5, 0.6) is 0 Å². The first-order valence-electron chi connectivity index (χ1n) is 6.05. The summed E-state index contributed by atoms with van der Waals surface area (Å²) < 4.78 is 2.39. The minimum absolute atomic E-state index is 0.292. The molecular formula is C11H18N6O2. The van der Waals surface area contributed by atoms with E-state index in [1.165, 1.54) is 11.6 Å². The summed E-state index contributed by atoms with van der Waals surface area (Å²) in [6, 6.07) is 0. The number of aryl methyl sites for hydroxylation is 1. The summed E-state index contributed by atoms with van der Waals surface area (Å²) in [4.78, 5) is 30.8. The van der Waals surface area contributed by atoms with Gasteiger partial charge >= 0.3 is 5.69 Å². The van der Waals surface area contributed by atoms with Crippen LogP contribution in [0.1, 0.15) is 6.92 Å². The summed E-state index contributed by atoms with van der Waals surface area (Å²) in [6.45, 7) is 3.21. The second-order valence-electron chi connectivity index (χ2n) is 4.71. The molecule has 0 saturated heterocycles. The Labute approximate surface area is 109 Å². The fraction of sp³-hybridized carbons (Fsp3) is 0.545. The maximum absolute atomic E-state index is 11.9. The first kappa shape index (κ1) is 13.3. The van der Waals surface area contributed by atoms with E-state index >= 15 is 0 Å². The number of hydrogen-bond acceptors (Lipinski definition) is 5. The number of imidazole rings is 1. The second-order valence-corrected chi connectivity index (χ2v) is 4.71. The number of fused-ring (bicyclic) bond motifs is 1. The van der Waals surface area contributed by atoms with Crippen LogP contribution < -0.4 is 22.3 Å². The highest BCUT2D eigenvalue weighted by Crippen LogP contribution is 2.08. The van der Waals surface area contributed by atoms with Gasteiger partial charge < -0.3 is 16.0 Å². The van der Waals surface area contributed by atoms with Gasteiger partial charge in [0.25, 0.3) is 5.56 Å². The van der Waals surface area contributed by atoms with Crippen molar-refractivity contribution < 1.29 is 0 Å². The minimum atomic E-state index is -0.397. The zero-order valence-corrected chi connectivity index (χ0v) is 11.2. The monoisotopic (exact) mass is 266 g/mol. The zero-order valence-electron chi connectivity index (χ0n) is 11.2. The average molecular weight is 266 g/mol. The SMILES string of the molecule is CC(CN)CNc1nc2c([nH]1)c(=O)n(C)c(=O)n2C. The molecule has 2 heterocycles. The third kappa shape index (κ3) is 2.26. The molecule has 0 radical (unpaired) electrons. The first-order chi connectivity index (χ1) is 8.95. The minimum Gasteiger partial charge on any atom is -0.355 e. The zero-order chi connectivity index (χ0) is 14.2. The molecule has 0 aromatic carbocycles. The molecule has 2 rings (SSSR count). The Morgan fingerprint density at radius 3 is 2.68 bits per heavy atom. The van der Waals surface area contributed by atoms with E-state index in [4.69, 9.17) is 5.73 Å². The van der Waals surface area contributed by atoms with Crippen molar-refractivity contribution in [2.45, 2.75) is 6.92 Å². The number of aromatic amines is 1. The lowest BCUT2D eigenvalue weighted by atomic mass is 10.2. The van der Waals surface area contributed by atoms with E-state index in [-0.39, 0.29) is 5.56 Å². The van der Waals surface area contributed by atoms with E-state index in [0.717, 1.165) is 4.57 Å². The Morgan fingerprint density at radius 1 is 1.37 bits per heavy atom. The quantitative estimate of drug-likeness (QED) is 0.655. The molecule has 1 unspecified atom stereocenters. The van der Waals surface area contributed by atoms with Gasteiger partial charge in [-0.05, 0) is 12.5 Å². The third-order valence-electron chi connectivity index (χ3n) is 3.12. The fourth-order valence-electron chi connectivity index (χ4n) is 1.76. The van der Waals surface area contributed by atoms with Gasteiger partial charge in [-0.1, -0.05) is 6.92 Å². The molecule has 0 aliphatic heterocycles. The molecule has 0 fully saturated rings. The van der Waals surface area contributed by atoms with E-state index in [0.29, 0.717) is 36.1 Å². The second kappa shape index (κ2) is 4.88. The summed E-state index contributed by atoms with van der Waals surface area (Å²) in [7, 11) is 3.02. The molecule has 0 aliphatic rings. The number of anilines is 1. The van der Waals surface area contributed by atoms with E-state index < -0.39 is 5.69 Å². The van der Waals surface area contributed by atoms with Gasteiger partial charge in [0.1, 0.15) is 0 Å². The Bertz CT molecular complexity index is 710. The Morgan fingerprint density at radius 2 is 2.05 bits per heavy atom.